The second kappa shape index (κ2) is 8.41. The molecule has 1 aromatic heterocycles. The van der Waals surface area contributed by atoms with Crippen molar-refractivity contribution >= 4 is 10.9 Å². The number of para-hydroxylation sites is 1. The third-order valence-corrected chi connectivity index (χ3v) is 4.56. The summed E-state index contributed by atoms with van der Waals surface area (Å²) in [5, 5.41) is 4.04. The molecule has 0 aliphatic heterocycles. The minimum atomic E-state index is -0.335. The Hall–Kier alpha value is -2.57. The topological polar surface area (TPSA) is 50.2 Å². The van der Waals surface area contributed by atoms with Crippen molar-refractivity contribution in [1.82, 2.24) is 19.8 Å². The van der Waals surface area contributed by atoms with Crippen LogP contribution in [0.5, 0.6) is 0 Å². The molecule has 5 nitrogen and oxygen atoms in total. The van der Waals surface area contributed by atoms with Gasteiger partial charge < -0.3 is 10.2 Å². The van der Waals surface area contributed by atoms with E-state index >= 15 is 0 Å². The summed E-state index contributed by atoms with van der Waals surface area (Å²) in [6, 6.07) is 13.2. The zero-order chi connectivity index (χ0) is 19.4. The number of nitrogens with zero attached hydrogens (tertiary/aromatic N) is 3. The molecule has 0 spiro atoms. The minimum Gasteiger partial charge on any atom is -0.308 e. The maximum Gasteiger partial charge on any atom is 0.266 e. The summed E-state index contributed by atoms with van der Waals surface area (Å²) < 4.78 is 15.0. The molecule has 2 aromatic carbocycles. The third kappa shape index (κ3) is 4.23. The Morgan fingerprint density at radius 3 is 2.52 bits per heavy atom. The Kier molecular flexibility index (Phi) is 5.98. The van der Waals surface area contributed by atoms with Gasteiger partial charge >= 0.3 is 0 Å². The normalized spacial score (nSPS) is 12.6. The number of aromatic nitrogens is 2. The van der Waals surface area contributed by atoms with Crippen LogP contribution in [0.1, 0.15) is 25.2 Å². The Bertz CT molecular complexity index is 966. The summed E-state index contributed by atoms with van der Waals surface area (Å²) in [5.41, 5.74) is 1.14. The van der Waals surface area contributed by atoms with E-state index in [-0.39, 0.29) is 17.4 Å². The molecular weight excluding hydrogens is 343 g/mol. The van der Waals surface area contributed by atoms with Gasteiger partial charge in [-0.15, -0.1) is 0 Å². The monoisotopic (exact) mass is 368 g/mol. The molecule has 142 valence electrons. The van der Waals surface area contributed by atoms with Crippen LogP contribution in [-0.4, -0.2) is 41.6 Å². The van der Waals surface area contributed by atoms with Crippen LogP contribution in [0.4, 0.5) is 4.39 Å². The molecule has 1 atom stereocenters. The van der Waals surface area contributed by atoms with Crippen molar-refractivity contribution < 1.29 is 4.39 Å². The van der Waals surface area contributed by atoms with Gasteiger partial charge in [0.05, 0.1) is 22.6 Å². The second-order valence-electron chi connectivity index (χ2n) is 6.82. The SMILES string of the molecule is CCC(NCCN(C)C)c1nc2ccccc2c(=O)n1-c1ccc(F)cc1. The molecule has 0 aliphatic carbocycles. The van der Waals surface area contributed by atoms with Crippen LogP contribution in [0.2, 0.25) is 0 Å². The van der Waals surface area contributed by atoms with Crippen LogP contribution in [0.3, 0.4) is 0 Å². The van der Waals surface area contributed by atoms with Gasteiger partial charge in [-0.25, -0.2) is 9.37 Å². The number of benzene rings is 2. The standard InChI is InChI=1S/C21H25FN4O/c1-4-18(23-13-14-25(2)3)20-24-19-8-6-5-7-17(19)21(27)26(20)16-11-9-15(22)10-12-16/h5-12,18,23H,4,13-14H2,1-3H3. The Morgan fingerprint density at radius 2 is 1.85 bits per heavy atom. The third-order valence-electron chi connectivity index (χ3n) is 4.56. The van der Waals surface area contributed by atoms with Crippen molar-refractivity contribution in [2.45, 2.75) is 19.4 Å². The van der Waals surface area contributed by atoms with Crippen molar-refractivity contribution in [3.8, 4) is 5.69 Å². The average molecular weight is 368 g/mol. The van der Waals surface area contributed by atoms with Crippen molar-refractivity contribution in [1.29, 1.82) is 0 Å². The summed E-state index contributed by atoms with van der Waals surface area (Å²) in [7, 11) is 4.04. The predicted octanol–water partition coefficient (Wildman–Crippen LogP) is 3.13. The van der Waals surface area contributed by atoms with E-state index in [0.29, 0.717) is 22.4 Å². The van der Waals surface area contributed by atoms with Crippen LogP contribution in [0, 0.1) is 5.82 Å². The lowest BCUT2D eigenvalue weighted by Gasteiger charge is -2.22. The quantitative estimate of drug-likeness (QED) is 0.696. The van der Waals surface area contributed by atoms with E-state index in [9.17, 15) is 9.18 Å². The highest BCUT2D eigenvalue weighted by atomic mass is 19.1. The molecule has 0 radical (unpaired) electrons. The number of likely N-dealkylation sites (N-methyl/N-ethyl adjacent to an activating group) is 1. The lowest BCUT2D eigenvalue weighted by atomic mass is 10.1. The van der Waals surface area contributed by atoms with E-state index in [1.54, 1.807) is 22.8 Å². The van der Waals surface area contributed by atoms with Crippen LogP contribution in [0.25, 0.3) is 16.6 Å². The first kappa shape index (κ1) is 19.2. The largest absolute Gasteiger partial charge is 0.308 e. The molecule has 0 fully saturated rings. The lowest BCUT2D eigenvalue weighted by molar-refractivity contribution is 0.376. The molecule has 0 amide bonds. The zero-order valence-corrected chi connectivity index (χ0v) is 15.9. The second-order valence-corrected chi connectivity index (χ2v) is 6.82. The van der Waals surface area contributed by atoms with E-state index in [1.807, 2.05) is 32.3 Å². The van der Waals surface area contributed by atoms with Crippen molar-refractivity contribution in [3.63, 3.8) is 0 Å². The van der Waals surface area contributed by atoms with E-state index in [0.717, 1.165) is 19.5 Å². The number of fused-ring (bicyclic) bond motifs is 1. The van der Waals surface area contributed by atoms with E-state index in [4.69, 9.17) is 4.98 Å². The molecule has 0 bridgehead atoms. The summed E-state index contributed by atoms with van der Waals surface area (Å²) in [5.74, 6) is 0.310. The Balaban J connectivity index is 2.15. The van der Waals surface area contributed by atoms with Crippen LogP contribution in [0.15, 0.2) is 53.3 Å². The minimum absolute atomic E-state index is 0.0905. The fourth-order valence-corrected chi connectivity index (χ4v) is 3.10. The van der Waals surface area contributed by atoms with Gasteiger partial charge in [0.15, 0.2) is 0 Å². The highest BCUT2D eigenvalue weighted by Crippen LogP contribution is 2.20. The number of rotatable bonds is 7. The fourth-order valence-electron chi connectivity index (χ4n) is 3.10. The first-order valence-corrected chi connectivity index (χ1v) is 9.17. The van der Waals surface area contributed by atoms with Gasteiger partial charge in [-0.05, 0) is 56.9 Å². The molecule has 3 rings (SSSR count). The van der Waals surface area contributed by atoms with Crippen LogP contribution < -0.4 is 10.9 Å². The molecule has 1 heterocycles. The molecule has 27 heavy (non-hydrogen) atoms. The molecule has 1 N–H and O–H groups in total. The molecule has 0 saturated heterocycles. The smallest absolute Gasteiger partial charge is 0.266 e. The molecule has 1 unspecified atom stereocenters. The number of halogens is 1. The lowest BCUT2D eigenvalue weighted by Crippen LogP contribution is -2.34. The van der Waals surface area contributed by atoms with Gasteiger partial charge in [-0.3, -0.25) is 9.36 Å². The summed E-state index contributed by atoms with van der Waals surface area (Å²) >= 11 is 0. The zero-order valence-electron chi connectivity index (χ0n) is 15.9. The van der Waals surface area contributed by atoms with Gasteiger partial charge in [0.2, 0.25) is 0 Å². The Morgan fingerprint density at radius 1 is 1.15 bits per heavy atom. The van der Waals surface area contributed by atoms with Crippen molar-refractivity contribution in [2.24, 2.45) is 0 Å². The maximum atomic E-state index is 13.4. The van der Waals surface area contributed by atoms with E-state index < -0.39 is 0 Å². The van der Waals surface area contributed by atoms with Crippen molar-refractivity contribution in [2.75, 3.05) is 27.2 Å². The predicted molar refractivity (Wildman–Crippen MR) is 107 cm³/mol. The van der Waals surface area contributed by atoms with Gasteiger partial charge in [-0.2, -0.15) is 0 Å². The average Bonchev–Trinajstić information content (AvgIpc) is 2.66. The molecular formula is C21H25FN4O. The fraction of sp³-hybridized carbons (Fsp3) is 0.333. The maximum absolute atomic E-state index is 13.4. The molecule has 6 heteroatoms. The number of hydrogen-bond donors (Lipinski definition) is 1. The van der Waals surface area contributed by atoms with Gasteiger partial charge in [0.1, 0.15) is 11.6 Å². The van der Waals surface area contributed by atoms with Crippen LogP contribution >= 0.6 is 0 Å². The van der Waals surface area contributed by atoms with Gasteiger partial charge in [0.25, 0.3) is 5.56 Å². The summed E-state index contributed by atoms with van der Waals surface area (Å²) in [4.78, 5) is 20.1. The summed E-state index contributed by atoms with van der Waals surface area (Å²) in [6.07, 6.45) is 0.777. The first-order valence-electron chi connectivity index (χ1n) is 9.17. The van der Waals surface area contributed by atoms with Gasteiger partial charge in [-0.1, -0.05) is 19.1 Å². The highest BCUT2D eigenvalue weighted by Gasteiger charge is 2.19. The first-order chi connectivity index (χ1) is 13.0. The number of nitrogens with one attached hydrogen (secondary N) is 1. The molecule has 3 aromatic rings. The molecule has 0 aliphatic rings. The number of hydrogen-bond acceptors (Lipinski definition) is 4. The Labute approximate surface area is 158 Å². The van der Waals surface area contributed by atoms with Gasteiger partial charge in [0, 0.05) is 13.1 Å². The molecule has 0 saturated carbocycles. The van der Waals surface area contributed by atoms with E-state index in [2.05, 4.69) is 17.1 Å². The van der Waals surface area contributed by atoms with Crippen molar-refractivity contribution in [3.05, 3.63) is 70.5 Å². The summed E-state index contributed by atoms with van der Waals surface area (Å²) in [6.45, 7) is 3.71. The van der Waals surface area contributed by atoms with E-state index in [1.165, 1.54) is 12.1 Å². The van der Waals surface area contributed by atoms with Crippen LogP contribution in [-0.2, 0) is 0 Å². The highest BCUT2D eigenvalue weighted by molar-refractivity contribution is 5.77.